The van der Waals surface area contributed by atoms with Crippen molar-refractivity contribution in [3.63, 3.8) is 0 Å². The zero-order valence-corrected chi connectivity index (χ0v) is 17.6. The van der Waals surface area contributed by atoms with Crippen molar-refractivity contribution >= 4 is 38.6 Å². The van der Waals surface area contributed by atoms with Crippen LogP contribution in [0.5, 0.6) is 0 Å². The van der Waals surface area contributed by atoms with Gasteiger partial charge in [-0.1, -0.05) is 31.5 Å². The second-order valence-corrected chi connectivity index (χ2v) is 9.19. The molecule has 0 aliphatic rings. The molecule has 0 spiro atoms. The Bertz CT molecular complexity index is 868. The fourth-order valence-corrected chi connectivity index (χ4v) is 5.16. The van der Waals surface area contributed by atoms with Gasteiger partial charge in [0.15, 0.2) is 4.90 Å². The molecule has 0 aliphatic carbocycles. The van der Waals surface area contributed by atoms with E-state index in [0.29, 0.717) is 6.54 Å². The SMILES string of the molecule is CCN(CC)CCN(Cc1cccs1)S(=O)(=O)c1ccc(Cl)cc1[N+](=O)[O-]. The molecule has 0 fully saturated rings. The lowest BCUT2D eigenvalue weighted by molar-refractivity contribution is -0.387. The predicted octanol–water partition coefficient (Wildman–Crippen LogP) is 3.84. The van der Waals surface area contributed by atoms with Crippen molar-refractivity contribution in [2.45, 2.75) is 25.3 Å². The van der Waals surface area contributed by atoms with Gasteiger partial charge in [-0.25, -0.2) is 8.42 Å². The second-order valence-electron chi connectivity index (χ2n) is 5.81. The Balaban J connectivity index is 2.41. The maximum Gasteiger partial charge on any atom is 0.290 e. The van der Waals surface area contributed by atoms with E-state index >= 15 is 0 Å². The number of benzene rings is 1. The summed E-state index contributed by atoms with van der Waals surface area (Å²) in [6.07, 6.45) is 0. The summed E-state index contributed by atoms with van der Waals surface area (Å²) < 4.78 is 27.8. The number of nitro benzene ring substituents is 1. The van der Waals surface area contributed by atoms with E-state index in [4.69, 9.17) is 11.6 Å². The number of sulfonamides is 1. The van der Waals surface area contributed by atoms with Gasteiger partial charge in [-0.3, -0.25) is 10.1 Å². The Labute approximate surface area is 168 Å². The number of hydrogen-bond donors (Lipinski definition) is 0. The van der Waals surface area contributed by atoms with Gasteiger partial charge in [0, 0.05) is 35.6 Å². The Morgan fingerprint density at radius 1 is 1.19 bits per heavy atom. The summed E-state index contributed by atoms with van der Waals surface area (Å²) in [4.78, 5) is 13.3. The normalized spacial score (nSPS) is 12.0. The standard InChI is InChI=1S/C17H22ClN3O4S2/c1-3-19(4-2)9-10-20(13-15-6-5-11-26-15)27(24,25)17-8-7-14(18)12-16(17)21(22)23/h5-8,11-12H,3-4,9-10,13H2,1-2H3. The molecule has 7 nitrogen and oxygen atoms in total. The molecule has 0 saturated heterocycles. The van der Waals surface area contributed by atoms with Gasteiger partial charge in [-0.2, -0.15) is 4.31 Å². The summed E-state index contributed by atoms with van der Waals surface area (Å²) in [5.41, 5.74) is -0.512. The Morgan fingerprint density at radius 2 is 1.89 bits per heavy atom. The quantitative estimate of drug-likeness (QED) is 0.421. The minimum atomic E-state index is -4.07. The van der Waals surface area contributed by atoms with E-state index in [2.05, 4.69) is 4.90 Å². The number of nitro groups is 1. The monoisotopic (exact) mass is 431 g/mol. The molecule has 1 aromatic carbocycles. The highest BCUT2D eigenvalue weighted by atomic mass is 35.5. The molecular formula is C17H22ClN3O4S2. The van der Waals surface area contributed by atoms with Gasteiger partial charge in [-0.15, -0.1) is 11.3 Å². The number of halogens is 1. The molecule has 2 aromatic rings. The van der Waals surface area contributed by atoms with E-state index < -0.39 is 20.6 Å². The summed E-state index contributed by atoms with van der Waals surface area (Å²) in [6.45, 7) is 6.55. The molecule has 0 bridgehead atoms. The average Bonchev–Trinajstić information content (AvgIpc) is 3.14. The fourth-order valence-electron chi connectivity index (χ4n) is 2.64. The second kappa shape index (κ2) is 9.61. The largest absolute Gasteiger partial charge is 0.303 e. The Morgan fingerprint density at radius 3 is 2.44 bits per heavy atom. The molecule has 0 aliphatic heterocycles. The molecular weight excluding hydrogens is 410 g/mol. The molecule has 1 aromatic heterocycles. The van der Waals surface area contributed by atoms with Crippen LogP contribution in [0.15, 0.2) is 40.6 Å². The van der Waals surface area contributed by atoms with Crippen LogP contribution in [0.1, 0.15) is 18.7 Å². The van der Waals surface area contributed by atoms with Crippen LogP contribution in [0.4, 0.5) is 5.69 Å². The lowest BCUT2D eigenvalue weighted by Crippen LogP contribution is -2.38. The molecule has 0 saturated carbocycles. The molecule has 0 radical (unpaired) electrons. The number of hydrogen-bond acceptors (Lipinski definition) is 6. The first-order valence-corrected chi connectivity index (χ1v) is 11.2. The van der Waals surface area contributed by atoms with Crippen molar-refractivity contribution in [1.82, 2.24) is 9.21 Å². The first kappa shape index (κ1) is 21.8. The van der Waals surface area contributed by atoms with Crippen LogP contribution in [-0.4, -0.2) is 48.7 Å². The van der Waals surface area contributed by atoms with Crippen LogP contribution in [-0.2, 0) is 16.6 Å². The highest BCUT2D eigenvalue weighted by Gasteiger charge is 2.32. The first-order valence-electron chi connectivity index (χ1n) is 8.48. The molecule has 148 valence electrons. The van der Waals surface area contributed by atoms with Crippen LogP contribution in [0.25, 0.3) is 0 Å². The summed E-state index contributed by atoms with van der Waals surface area (Å²) in [5.74, 6) is 0. The Kier molecular flexibility index (Phi) is 7.75. The zero-order valence-electron chi connectivity index (χ0n) is 15.2. The van der Waals surface area contributed by atoms with Gasteiger partial charge in [0.05, 0.1) is 4.92 Å². The third kappa shape index (κ3) is 5.49. The van der Waals surface area contributed by atoms with Crippen molar-refractivity contribution < 1.29 is 13.3 Å². The van der Waals surface area contributed by atoms with Crippen LogP contribution >= 0.6 is 22.9 Å². The molecule has 2 rings (SSSR count). The molecule has 1 heterocycles. The van der Waals surface area contributed by atoms with Crippen molar-refractivity contribution in [1.29, 1.82) is 0 Å². The van der Waals surface area contributed by atoms with Crippen molar-refractivity contribution in [3.8, 4) is 0 Å². The number of likely N-dealkylation sites (N-methyl/N-ethyl adjacent to an activating group) is 1. The van der Waals surface area contributed by atoms with Crippen molar-refractivity contribution in [2.75, 3.05) is 26.2 Å². The van der Waals surface area contributed by atoms with Crippen LogP contribution in [0.2, 0.25) is 5.02 Å². The maximum absolute atomic E-state index is 13.2. The van der Waals surface area contributed by atoms with Crippen LogP contribution < -0.4 is 0 Å². The van der Waals surface area contributed by atoms with E-state index in [1.165, 1.54) is 27.8 Å². The maximum atomic E-state index is 13.2. The van der Waals surface area contributed by atoms with E-state index in [0.717, 1.165) is 24.0 Å². The molecule has 0 atom stereocenters. The smallest absolute Gasteiger partial charge is 0.290 e. The highest BCUT2D eigenvalue weighted by Crippen LogP contribution is 2.30. The van der Waals surface area contributed by atoms with Crippen molar-refractivity contribution in [3.05, 3.63) is 55.7 Å². The highest BCUT2D eigenvalue weighted by molar-refractivity contribution is 7.89. The Hall–Kier alpha value is -1.52. The summed E-state index contributed by atoms with van der Waals surface area (Å²) in [5, 5.41) is 13.4. The third-order valence-electron chi connectivity index (χ3n) is 4.21. The minimum absolute atomic E-state index is 0.119. The van der Waals surface area contributed by atoms with Gasteiger partial charge in [0.2, 0.25) is 10.0 Å². The summed E-state index contributed by atoms with van der Waals surface area (Å²) in [7, 11) is -4.07. The molecule has 0 unspecified atom stereocenters. The van der Waals surface area contributed by atoms with E-state index in [9.17, 15) is 18.5 Å². The van der Waals surface area contributed by atoms with Gasteiger partial charge in [-0.05, 0) is 36.7 Å². The average molecular weight is 432 g/mol. The number of rotatable bonds is 10. The van der Waals surface area contributed by atoms with Gasteiger partial charge in [0.1, 0.15) is 0 Å². The number of thiophene rings is 1. The van der Waals surface area contributed by atoms with E-state index in [1.807, 2.05) is 31.4 Å². The lowest BCUT2D eigenvalue weighted by Gasteiger charge is -2.25. The fraction of sp³-hybridized carbons (Fsp3) is 0.412. The molecule has 0 amide bonds. The van der Waals surface area contributed by atoms with Crippen LogP contribution in [0.3, 0.4) is 0 Å². The topological polar surface area (TPSA) is 83.8 Å². The summed E-state index contributed by atoms with van der Waals surface area (Å²) >= 11 is 7.27. The minimum Gasteiger partial charge on any atom is -0.303 e. The molecule has 27 heavy (non-hydrogen) atoms. The third-order valence-corrected chi connectivity index (χ3v) is 7.20. The van der Waals surface area contributed by atoms with Gasteiger partial charge >= 0.3 is 0 Å². The van der Waals surface area contributed by atoms with Crippen LogP contribution in [0, 0.1) is 10.1 Å². The summed E-state index contributed by atoms with van der Waals surface area (Å²) in [6, 6.07) is 7.33. The van der Waals surface area contributed by atoms with Gasteiger partial charge < -0.3 is 4.90 Å². The van der Waals surface area contributed by atoms with Gasteiger partial charge in [0.25, 0.3) is 5.69 Å². The predicted molar refractivity (Wildman–Crippen MR) is 108 cm³/mol. The van der Waals surface area contributed by atoms with Crippen molar-refractivity contribution in [2.24, 2.45) is 0 Å². The zero-order chi connectivity index (χ0) is 20.0. The van der Waals surface area contributed by atoms with E-state index in [-0.39, 0.29) is 23.0 Å². The number of nitrogens with zero attached hydrogens (tertiary/aromatic N) is 3. The molecule has 0 N–H and O–H groups in total. The molecule has 10 heteroatoms. The first-order chi connectivity index (χ1) is 12.8. The lowest BCUT2D eigenvalue weighted by atomic mass is 10.3. The van der Waals surface area contributed by atoms with E-state index in [1.54, 1.807) is 0 Å².